The molecule has 4 heteroatoms. The summed E-state index contributed by atoms with van der Waals surface area (Å²) in [6.45, 7) is 2.89. The average Bonchev–Trinajstić information content (AvgIpc) is 3.04. The molecule has 0 aliphatic heterocycles. The van der Waals surface area contributed by atoms with Crippen LogP contribution in [-0.2, 0) is 6.42 Å². The Morgan fingerprint density at radius 3 is 2.84 bits per heavy atom. The van der Waals surface area contributed by atoms with Crippen LogP contribution in [0, 0.1) is 6.92 Å². The molecule has 0 aliphatic rings. The van der Waals surface area contributed by atoms with Gasteiger partial charge in [-0.05, 0) is 43.2 Å². The predicted molar refractivity (Wildman–Crippen MR) is 104 cm³/mol. The molecule has 2 N–H and O–H groups in total. The summed E-state index contributed by atoms with van der Waals surface area (Å²) < 4.78 is 5.31. The number of anilines is 1. The zero-order valence-electron chi connectivity index (χ0n) is 14.5. The smallest absolute Gasteiger partial charge is 0.121 e. The van der Waals surface area contributed by atoms with Gasteiger partial charge in [0.1, 0.15) is 5.75 Å². The summed E-state index contributed by atoms with van der Waals surface area (Å²) in [6, 6.07) is 16.5. The molecule has 2 aromatic heterocycles. The number of H-pyrrole nitrogens is 1. The number of hydrogen-bond donors (Lipinski definition) is 2. The minimum atomic E-state index is 0.829. The highest BCUT2D eigenvalue weighted by molar-refractivity contribution is 5.92. The fourth-order valence-corrected chi connectivity index (χ4v) is 3.28. The molecular weight excluding hydrogens is 310 g/mol. The standard InChI is InChI=1S/C21H21N3O/c1-14-11-20(18-8-7-16(25-2)12-21(18)24-14)22-10-9-15-13-23-19-6-4-3-5-17(15)19/h3-8,11-13,23H,9-10H2,1-2H3,(H,22,24). The number of rotatable bonds is 5. The largest absolute Gasteiger partial charge is 0.497 e. The summed E-state index contributed by atoms with van der Waals surface area (Å²) >= 11 is 0. The van der Waals surface area contributed by atoms with Gasteiger partial charge in [0.05, 0.1) is 12.6 Å². The van der Waals surface area contributed by atoms with E-state index in [1.165, 1.54) is 16.5 Å². The van der Waals surface area contributed by atoms with Crippen molar-refractivity contribution in [2.45, 2.75) is 13.3 Å². The molecule has 0 aliphatic carbocycles. The molecule has 2 aromatic carbocycles. The van der Waals surface area contributed by atoms with Gasteiger partial charge in [-0.15, -0.1) is 0 Å². The maximum absolute atomic E-state index is 5.31. The number of para-hydroxylation sites is 1. The number of nitrogens with zero attached hydrogens (tertiary/aromatic N) is 1. The van der Waals surface area contributed by atoms with Gasteiger partial charge in [0, 0.05) is 46.5 Å². The van der Waals surface area contributed by atoms with Crippen LogP contribution in [0.25, 0.3) is 21.8 Å². The number of aromatic nitrogens is 2. The van der Waals surface area contributed by atoms with Gasteiger partial charge in [-0.25, -0.2) is 0 Å². The number of pyridine rings is 1. The number of aryl methyl sites for hydroxylation is 1. The van der Waals surface area contributed by atoms with Crippen LogP contribution in [-0.4, -0.2) is 23.6 Å². The molecule has 4 aromatic rings. The minimum absolute atomic E-state index is 0.829. The van der Waals surface area contributed by atoms with Crippen molar-refractivity contribution in [3.05, 3.63) is 66.0 Å². The van der Waals surface area contributed by atoms with Crippen molar-refractivity contribution in [1.82, 2.24) is 9.97 Å². The lowest BCUT2D eigenvalue weighted by Gasteiger charge is -2.11. The second-order valence-electron chi connectivity index (χ2n) is 6.23. The molecule has 0 bridgehead atoms. The molecular formula is C21H21N3O. The van der Waals surface area contributed by atoms with E-state index in [1.54, 1.807) is 7.11 Å². The first kappa shape index (κ1) is 15.5. The van der Waals surface area contributed by atoms with Crippen LogP contribution < -0.4 is 10.1 Å². The van der Waals surface area contributed by atoms with Crippen LogP contribution in [0.5, 0.6) is 5.75 Å². The summed E-state index contributed by atoms with van der Waals surface area (Å²) in [4.78, 5) is 7.96. The zero-order valence-corrected chi connectivity index (χ0v) is 14.5. The van der Waals surface area contributed by atoms with Gasteiger partial charge in [-0.3, -0.25) is 4.98 Å². The Morgan fingerprint density at radius 1 is 1.08 bits per heavy atom. The molecule has 4 nitrogen and oxygen atoms in total. The van der Waals surface area contributed by atoms with E-state index in [9.17, 15) is 0 Å². The molecule has 4 rings (SSSR count). The molecule has 2 heterocycles. The van der Waals surface area contributed by atoms with Gasteiger partial charge in [0.25, 0.3) is 0 Å². The van der Waals surface area contributed by atoms with Crippen molar-refractivity contribution in [2.75, 3.05) is 19.0 Å². The van der Waals surface area contributed by atoms with Gasteiger partial charge in [-0.2, -0.15) is 0 Å². The molecule has 0 spiro atoms. The molecule has 0 atom stereocenters. The number of methoxy groups -OCH3 is 1. The van der Waals surface area contributed by atoms with Crippen molar-refractivity contribution in [2.24, 2.45) is 0 Å². The molecule has 25 heavy (non-hydrogen) atoms. The Kier molecular flexibility index (Phi) is 4.02. The number of hydrogen-bond acceptors (Lipinski definition) is 3. The van der Waals surface area contributed by atoms with E-state index >= 15 is 0 Å². The Hall–Kier alpha value is -3.01. The fraction of sp³-hybridized carbons (Fsp3) is 0.190. The summed E-state index contributed by atoms with van der Waals surface area (Å²) in [5, 5.41) is 5.99. The third-order valence-electron chi connectivity index (χ3n) is 4.53. The van der Waals surface area contributed by atoms with E-state index in [-0.39, 0.29) is 0 Å². The van der Waals surface area contributed by atoms with Crippen LogP contribution in [0.15, 0.2) is 54.7 Å². The maximum atomic E-state index is 5.31. The van der Waals surface area contributed by atoms with Gasteiger partial charge < -0.3 is 15.0 Å². The molecule has 0 amide bonds. The SMILES string of the molecule is COc1ccc2c(NCCc3c[nH]c4ccccc34)cc(C)nc2c1. The molecule has 126 valence electrons. The Morgan fingerprint density at radius 2 is 1.96 bits per heavy atom. The molecule has 0 saturated heterocycles. The lowest BCUT2D eigenvalue weighted by atomic mass is 10.1. The number of ether oxygens (including phenoxy) is 1. The Labute approximate surface area is 146 Å². The normalized spacial score (nSPS) is 11.1. The third kappa shape index (κ3) is 3.03. The van der Waals surface area contributed by atoms with Crippen molar-refractivity contribution in [3.63, 3.8) is 0 Å². The summed E-state index contributed by atoms with van der Waals surface area (Å²) in [5.74, 6) is 0.829. The first-order chi connectivity index (χ1) is 12.2. The highest BCUT2D eigenvalue weighted by Gasteiger charge is 2.07. The Bertz CT molecular complexity index is 1040. The molecule has 0 saturated carbocycles. The van der Waals surface area contributed by atoms with Crippen LogP contribution in [0.1, 0.15) is 11.3 Å². The summed E-state index contributed by atoms with van der Waals surface area (Å²) in [7, 11) is 1.68. The quantitative estimate of drug-likeness (QED) is 0.558. The summed E-state index contributed by atoms with van der Waals surface area (Å²) in [5.41, 5.74) is 5.59. The second kappa shape index (κ2) is 6.48. The lowest BCUT2D eigenvalue weighted by Crippen LogP contribution is -2.06. The van der Waals surface area contributed by atoms with Crippen LogP contribution in [0.2, 0.25) is 0 Å². The first-order valence-electron chi connectivity index (χ1n) is 8.49. The van der Waals surface area contributed by atoms with E-state index < -0.39 is 0 Å². The van der Waals surface area contributed by atoms with Crippen LogP contribution >= 0.6 is 0 Å². The van der Waals surface area contributed by atoms with E-state index in [2.05, 4.69) is 57.9 Å². The zero-order chi connectivity index (χ0) is 17.2. The first-order valence-corrected chi connectivity index (χ1v) is 8.49. The van der Waals surface area contributed by atoms with Crippen LogP contribution in [0.3, 0.4) is 0 Å². The van der Waals surface area contributed by atoms with E-state index in [1.807, 2.05) is 19.1 Å². The monoisotopic (exact) mass is 331 g/mol. The minimum Gasteiger partial charge on any atom is -0.497 e. The van der Waals surface area contributed by atoms with E-state index in [4.69, 9.17) is 4.74 Å². The lowest BCUT2D eigenvalue weighted by molar-refractivity contribution is 0.415. The van der Waals surface area contributed by atoms with Gasteiger partial charge >= 0.3 is 0 Å². The highest BCUT2D eigenvalue weighted by atomic mass is 16.5. The molecule has 0 radical (unpaired) electrons. The van der Waals surface area contributed by atoms with Crippen LogP contribution in [0.4, 0.5) is 5.69 Å². The molecule has 0 fully saturated rings. The van der Waals surface area contributed by atoms with Crippen molar-refractivity contribution >= 4 is 27.5 Å². The van der Waals surface area contributed by atoms with Crippen molar-refractivity contribution in [1.29, 1.82) is 0 Å². The summed E-state index contributed by atoms with van der Waals surface area (Å²) in [6.07, 6.45) is 3.07. The topological polar surface area (TPSA) is 49.9 Å². The van der Waals surface area contributed by atoms with E-state index in [0.29, 0.717) is 0 Å². The number of nitrogens with one attached hydrogen (secondary N) is 2. The Balaban J connectivity index is 1.56. The van der Waals surface area contributed by atoms with Crippen molar-refractivity contribution in [3.8, 4) is 5.75 Å². The molecule has 0 unspecified atom stereocenters. The predicted octanol–water partition coefficient (Wildman–Crippen LogP) is 4.69. The fourth-order valence-electron chi connectivity index (χ4n) is 3.28. The van der Waals surface area contributed by atoms with Crippen molar-refractivity contribution < 1.29 is 4.74 Å². The van der Waals surface area contributed by atoms with E-state index in [0.717, 1.165) is 41.0 Å². The maximum Gasteiger partial charge on any atom is 0.121 e. The number of benzene rings is 2. The third-order valence-corrected chi connectivity index (χ3v) is 4.53. The number of fused-ring (bicyclic) bond motifs is 2. The highest BCUT2D eigenvalue weighted by Crippen LogP contribution is 2.27. The van der Waals surface area contributed by atoms with Gasteiger partial charge in [-0.1, -0.05) is 18.2 Å². The average molecular weight is 331 g/mol. The van der Waals surface area contributed by atoms with Gasteiger partial charge in [0.2, 0.25) is 0 Å². The van der Waals surface area contributed by atoms with Gasteiger partial charge in [0.15, 0.2) is 0 Å². The second-order valence-corrected chi connectivity index (χ2v) is 6.23. The number of aromatic amines is 1.